The summed E-state index contributed by atoms with van der Waals surface area (Å²) >= 11 is 0. The smallest absolute Gasteiger partial charge is 0.0635 e. The molecule has 0 aliphatic heterocycles. The molecule has 0 aliphatic rings. The van der Waals surface area contributed by atoms with E-state index in [9.17, 15) is 9.79 Å². The van der Waals surface area contributed by atoms with Gasteiger partial charge in [0.1, 0.15) is 0 Å². The van der Waals surface area contributed by atoms with Gasteiger partial charge in [-0.15, -0.1) is 0 Å². The van der Waals surface area contributed by atoms with Gasteiger partial charge >= 0.3 is 0 Å². The van der Waals surface area contributed by atoms with Crippen molar-refractivity contribution >= 4 is 8.53 Å². The quantitative estimate of drug-likeness (QED) is 0.481. The summed E-state index contributed by atoms with van der Waals surface area (Å²) in [6, 6.07) is 2.14. The first-order valence-corrected chi connectivity index (χ1v) is 6.11. The molecular formula is C9H18N3O2P-2. The predicted octanol–water partition coefficient (Wildman–Crippen LogP) is 0.183. The second-order valence-electron chi connectivity index (χ2n) is 3.81. The summed E-state index contributed by atoms with van der Waals surface area (Å²) in [6.45, 7) is 7.94. The highest BCUT2D eigenvalue weighted by molar-refractivity contribution is 7.39. The molecule has 0 aliphatic carbocycles. The van der Waals surface area contributed by atoms with E-state index in [4.69, 9.17) is 5.26 Å². The van der Waals surface area contributed by atoms with Gasteiger partial charge in [-0.25, -0.2) is 13.5 Å². The van der Waals surface area contributed by atoms with Gasteiger partial charge in [0.15, 0.2) is 0 Å². The molecule has 0 heterocycles. The monoisotopic (exact) mass is 231 g/mol. The maximum Gasteiger partial charge on any atom is 0.0635 e. The lowest BCUT2D eigenvalue weighted by Crippen LogP contribution is -2.51. The highest BCUT2D eigenvalue weighted by atomic mass is 31.2. The maximum atomic E-state index is 11.1. The van der Waals surface area contributed by atoms with Crippen molar-refractivity contribution in [3.05, 3.63) is 0 Å². The Morgan fingerprint density at radius 2 is 1.67 bits per heavy atom. The van der Waals surface area contributed by atoms with E-state index in [1.54, 1.807) is 5.01 Å². The van der Waals surface area contributed by atoms with Crippen LogP contribution in [0.1, 0.15) is 34.1 Å². The molecule has 0 rings (SSSR count). The lowest BCUT2D eigenvalue weighted by molar-refractivity contribution is -0.318. The third-order valence-electron chi connectivity index (χ3n) is 1.94. The minimum atomic E-state index is -2.67. The Labute approximate surface area is 92.9 Å². The van der Waals surface area contributed by atoms with E-state index in [1.807, 2.05) is 33.8 Å². The van der Waals surface area contributed by atoms with Crippen molar-refractivity contribution in [1.29, 1.82) is 5.26 Å². The van der Waals surface area contributed by atoms with Crippen molar-refractivity contribution in [2.24, 2.45) is 0 Å². The third-order valence-corrected chi connectivity index (χ3v) is 2.72. The Hall–Kier alpha value is -0.240. The van der Waals surface area contributed by atoms with Crippen LogP contribution in [0.4, 0.5) is 0 Å². The standard InChI is InChI=1S/C9H18N3O2P/c1-8(2)12(9(3)4)11(15(13)14)7-5-6-10/h8-9H,5,7H2,1-4H3/q-2. The molecule has 0 bridgehead atoms. The molecule has 0 fully saturated rings. The average Bonchev–Trinajstić information content (AvgIpc) is 2.09. The summed E-state index contributed by atoms with van der Waals surface area (Å²) in [6.07, 6.45) is 0.208. The van der Waals surface area contributed by atoms with Crippen LogP contribution in [-0.4, -0.2) is 28.4 Å². The summed E-state index contributed by atoms with van der Waals surface area (Å²) < 4.78 is 1.26. The van der Waals surface area contributed by atoms with Crippen molar-refractivity contribution in [3.63, 3.8) is 0 Å². The van der Waals surface area contributed by atoms with Crippen molar-refractivity contribution in [2.75, 3.05) is 6.54 Å². The van der Waals surface area contributed by atoms with Crippen molar-refractivity contribution in [1.82, 2.24) is 9.79 Å². The number of hydrogen-bond acceptors (Lipinski definition) is 5. The predicted molar refractivity (Wildman–Crippen MR) is 56.0 cm³/mol. The molecule has 6 heteroatoms. The summed E-state index contributed by atoms with van der Waals surface area (Å²) in [4.78, 5) is 22.1. The molecule has 0 spiro atoms. The normalized spacial score (nSPS) is 12.1. The van der Waals surface area contributed by atoms with E-state index >= 15 is 0 Å². The molecule has 0 aromatic carbocycles. The molecule has 15 heavy (non-hydrogen) atoms. The number of nitrogens with zero attached hydrogens (tertiary/aromatic N) is 3. The average molecular weight is 231 g/mol. The second-order valence-corrected chi connectivity index (χ2v) is 4.75. The highest BCUT2D eigenvalue weighted by Crippen LogP contribution is 2.26. The Balaban J connectivity index is 4.62. The largest absolute Gasteiger partial charge is 0.829 e. The second kappa shape index (κ2) is 7.10. The van der Waals surface area contributed by atoms with Gasteiger partial charge in [0.25, 0.3) is 0 Å². The zero-order valence-corrected chi connectivity index (χ0v) is 10.6. The summed E-state index contributed by atoms with van der Waals surface area (Å²) in [7, 11) is -2.67. The van der Waals surface area contributed by atoms with Crippen LogP contribution in [0.25, 0.3) is 0 Å². The molecule has 88 valence electrons. The fourth-order valence-electron chi connectivity index (χ4n) is 1.56. The molecule has 0 atom stereocenters. The van der Waals surface area contributed by atoms with Crippen LogP contribution >= 0.6 is 8.53 Å². The van der Waals surface area contributed by atoms with Crippen LogP contribution in [0.2, 0.25) is 0 Å². The number of hydrogen-bond donors (Lipinski definition) is 0. The first kappa shape index (κ1) is 14.8. The molecule has 0 saturated heterocycles. The van der Waals surface area contributed by atoms with Crippen LogP contribution in [-0.2, 0) is 0 Å². The number of nitriles is 1. The summed E-state index contributed by atoms with van der Waals surface area (Å²) in [5, 5.41) is 10.2. The molecule has 0 unspecified atom stereocenters. The van der Waals surface area contributed by atoms with E-state index in [1.165, 1.54) is 4.78 Å². The van der Waals surface area contributed by atoms with Gasteiger partial charge < -0.3 is 9.79 Å². The Bertz CT molecular complexity index is 208. The fourth-order valence-corrected chi connectivity index (χ4v) is 2.41. The molecular weight excluding hydrogens is 213 g/mol. The molecule has 0 aromatic heterocycles. The third kappa shape index (κ3) is 4.87. The minimum absolute atomic E-state index is 0.0941. The van der Waals surface area contributed by atoms with Crippen molar-refractivity contribution in [3.8, 4) is 6.07 Å². The van der Waals surface area contributed by atoms with Gasteiger partial charge in [-0.1, -0.05) is 0 Å². The van der Waals surface area contributed by atoms with Gasteiger partial charge in [-0.2, -0.15) is 5.26 Å². The maximum absolute atomic E-state index is 11.1. The molecule has 0 saturated carbocycles. The molecule has 0 N–H and O–H groups in total. The van der Waals surface area contributed by atoms with E-state index in [0.29, 0.717) is 0 Å². The first-order chi connectivity index (χ1) is 6.91. The fraction of sp³-hybridized carbons (Fsp3) is 0.889. The molecule has 0 amide bonds. The van der Waals surface area contributed by atoms with Gasteiger partial charge in [0.05, 0.1) is 6.07 Å². The SMILES string of the molecule is CC(C)N(C(C)C)N(CCC#N)P([O-])[O-]. The Morgan fingerprint density at radius 1 is 1.20 bits per heavy atom. The van der Waals surface area contributed by atoms with Gasteiger partial charge in [-0.3, -0.25) is 4.78 Å². The van der Waals surface area contributed by atoms with E-state index in [0.717, 1.165) is 0 Å². The van der Waals surface area contributed by atoms with Crippen LogP contribution in [0.15, 0.2) is 0 Å². The minimum Gasteiger partial charge on any atom is -0.829 e. The zero-order valence-electron chi connectivity index (χ0n) is 9.67. The number of hydrazine groups is 1. The Kier molecular flexibility index (Phi) is 6.99. The molecule has 5 nitrogen and oxygen atoms in total. The highest BCUT2D eigenvalue weighted by Gasteiger charge is 2.19. The lowest BCUT2D eigenvalue weighted by Gasteiger charge is -2.52. The van der Waals surface area contributed by atoms with Gasteiger partial charge in [-0.05, 0) is 27.7 Å². The van der Waals surface area contributed by atoms with E-state index < -0.39 is 8.53 Å². The van der Waals surface area contributed by atoms with Crippen LogP contribution in [0, 0.1) is 11.3 Å². The van der Waals surface area contributed by atoms with E-state index in [-0.39, 0.29) is 25.0 Å². The van der Waals surface area contributed by atoms with E-state index in [2.05, 4.69) is 0 Å². The first-order valence-electron chi connectivity index (χ1n) is 4.98. The number of rotatable bonds is 6. The summed E-state index contributed by atoms with van der Waals surface area (Å²) in [5.74, 6) is 0. The Morgan fingerprint density at radius 3 is 1.93 bits per heavy atom. The molecule has 0 radical (unpaired) electrons. The van der Waals surface area contributed by atoms with Crippen molar-refractivity contribution < 1.29 is 9.79 Å². The zero-order chi connectivity index (χ0) is 12.0. The van der Waals surface area contributed by atoms with Gasteiger partial charge in [0, 0.05) is 25.0 Å². The van der Waals surface area contributed by atoms with Crippen LogP contribution in [0.5, 0.6) is 0 Å². The topological polar surface area (TPSA) is 76.4 Å². The van der Waals surface area contributed by atoms with Crippen LogP contribution in [0.3, 0.4) is 0 Å². The van der Waals surface area contributed by atoms with Gasteiger partial charge in [0.2, 0.25) is 0 Å². The lowest BCUT2D eigenvalue weighted by atomic mass is 10.3. The molecule has 0 aromatic rings. The van der Waals surface area contributed by atoms with Crippen LogP contribution < -0.4 is 9.79 Å². The summed E-state index contributed by atoms with van der Waals surface area (Å²) in [5.41, 5.74) is 0. The van der Waals surface area contributed by atoms with Crippen molar-refractivity contribution in [2.45, 2.75) is 46.2 Å².